The van der Waals surface area contributed by atoms with E-state index in [2.05, 4.69) is 15.1 Å². The van der Waals surface area contributed by atoms with E-state index in [1.807, 2.05) is 33.8 Å². The minimum absolute atomic E-state index is 0.221. The molecule has 3 heterocycles. The van der Waals surface area contributed by atoms with E-state index in [4.69, 9.17) is 4.74 Å². The van der Waals surface area contributed by atoms with Gasteiger partial charge in [-0.1, -0.05) is 0 Å². The zero-order chi connectivity index (χ0) is 15.9. The molecule has 0 radical (unpaired) electrons. The average Bonchev–Trinajstić information content (AvgIpc) is 3.04. The summed E-state index contributed by atoms with van der Waals surface area (Å²) >= 11 is 0. The van der Waals surface area contributed by atoms with Gasteiger partial charge in [-0.3, -0.25) is 0 Å². The lowest BCUT2D eigenvalue weighted by Crippen LogP contribution is -2.35. The Balaban J connectivity index is 1.80. The van der Waals surface area contributed by atoms with E-state index in [0.717, 1.165) is 17.8 Å². The maximum atomic E-state index is 12.2. The zero-order valence-corrected chi connectivity index (χ0v) is 13.4. The van der Waals surface area contributed by atoms with Gasteiger partial charge in [0.05, 0.1) is 5.69 Å². The van der Waals surface area contributed by atoms with Crippen molar-refractivity contribution in [1.82, 2.24) is 24.5 Å². The third kappa shape index (κ3) is 2.88. The van der Waals surface area contributed by atoms with E-state index >= 15 is 0 Å². The topological polar surface area (TPSA) is 72.6 Å². The van der Waals surface area contributed by atoms with E-state index in [0.29, 0.717) is 18.9 Å². The molecule has 0 saturated carbocycles. The van der Waals surface area contributed by atoms with Crippen molar-refractivity contribution in [2.75, 3.05) is 13.1 Å². The summed E-state index contributed by atoms with van der Waals surface area (Å²) in [5, 5.41) is 4.24. The summed E-state index contributed by atoms with van der Waals surface area (Å²) in [6.07, 6.45) is 2.14. The largest absolute Gasteiger partial charge is 0.444 e. The molecular formula is C15H21N5O2. The second kappa shape index (κ2) is 5.23. The first-order valence-electron chi connectivity index (χ1n) is 7.49. The molecule has 0 aliphatic carbocycles. The number of carbonyl (C=O) groups is 1. The van der Waals surface area contributed by atoms with Gasteiger partial charge in [-0.25, -0.2) is 14.3 Å². The summed E-state index contributed by atoms with van der Waals surface area (Å²) in [6, 6.07) is 2.02. The Bertz CT molecular complexity index is 704. The minimum Gasteiger partial charge on any atom is -0.444 e. The Hall–Kier alpha value is -2.18. The molecular weight excluding hydrogens is 282 g/mol. The van der Waals surface area contributed by atoms with Crippen LogP contribution in [0.1, 0.15) is 44.5 Å². The highest BCUT2D eigenvalue weighted by Crippen LogP contribution is 2.28. The van der Waals surface area contributed by atoms with Gasteiger partial charge in [-0.05, 0) is 40.2 Å². The van der Waals surface area contributed by atoms with Crippen molar-refractivity contribution in [2.24, 2.45) is 0 Å². The Morgan fingerprint density at radius 2 is 2.18 bits per heavy atom. The predicted octanol–water partition coefficient (Wildman–Crippen LogP) is 2.16. The number of hydrogen-bond donors (Lipinski definition) is 0. The Labute approximate surface area is 129 Å². The first-order valence-corrected chi connectivity index (χ1v) is 7.49. The summed E-state index contributed by atoms with van der Waals surface area (Å²) in [5.41, 5.74) is 1.49. The van der Waals surface area contributed by atoms with E-state index in [9.17, 15) is 4.79 Å². The summed E-state index contributed by atoms with van der Waals surface area (Å²) in [7, 11) is 0. The monoisotopic (exact) mass is 303 g/mol. The molecule has 0 N–H and O–H groups in total. The van der Waals surface area contributed by atoms with Crippen LogP contribution in [0.25, 0.3) is 5.78 Å². The zero-order valence-electron chi connectivity index (χ0n) is 13.4. The second-order valence-electron chi connectivity index (χ2n) is 6.71. The Morgan fingerprint density at radius 3 is 2.91 bits per heavy atom. The van der Waals surface area contributed by atoms with Crippen LogP contribution in [0.3, 0.4) is 0 Å². The molecule has 1 aliphatic heterocycles. The highest BCUT2D eigenvalue weighted by molar-refractivity contribution is 5.68. The summed E-state index contributed by atoms with van der Waals surface area (Å²) < 4.78 is 7.20. The molecule has 7 heteroatoms. The number of aromatic nitrogens is 4. The molecule has 0 aromatic carbocycles. The maximum absolute atomic E-state index is 12.2. The van der Waals surface area contributed by atoms with Crippen molar-refractivity contribution < 1.29 is 9.53 Å². The number of hydrogen-bond acceptors (Lipinski definition) is 5. The fourth-order valence-electron chi connectivity index (χ4n) is 2.74. The third-order valence-electron chi connectivity index (χ3n) is 3.67. The fourth-order valence-corrected chi connectivity index (χ4v) is 2.74. The van der Waals surface area contributed by atoms with Crippen molar-refractivity contribution in [2.45, 2.75) is 45.6 Å². The van der Waals surface area contributed by atoms with Gasteiger partial charge in [-0.2, -0.15) is 10.1 Å². The smallest absolute Gasteiger partial charge is 0.410 e. The lowest BCUT2D eigenvalue weighted by atomic mass is 10.0. The summed E-state index contributed by atoms with van der Waals surface area (Å²) in [5.74, 6) is 0.823. The number of carbonyl (C=O) groups excluding carboxylic acids is 1. The van der Waals surface area contributed by atoms with E-state index in [-0.39, 0.29) is 12.0 Å². The van der Waals surface area contributed by atoms with Gasteiger partial charge in [0.25, 0.3) is 5.78 Å². The molecule has 1 amide bonds. The van der Waals surface area contributed by atoms with Gasteiger partial charge < -0.3 is 9.64 Å². The van der Waals surface area contributed by atoms with Gasteiger partial charge in [-0.15, -0.1) is 0 Å². The molecule has 2 aromatic heterocycles. The van der Waals surface area contributed by atoms with Crippen LogP contribution in [0.2, 0.25) is 0 Å². The molecule has 1 fully saturated rings. The fraction of sp³-hybridized carbons (Fsp3) is 0.600. The molecule has 0 bridgehead atoms. The maximum Gasteiger partial charge on any atom is 0.410 e. The molecule has 7 nitrogen and oxygen atoms in total. The number of rotatable bonds is 1. The molecule has 2 aromatic rings. The molecule has 1 unspecified atom stereocenters. The molecule has 118 valence electrons. The van der Waals surface area contributed by atoms with Gasteiger partial charge in [0.15, 0.2) is 0 Å². The van der Waals surface area contributed by atoms with E-state index in [1.165, 1.54) is 6.33 Å². The van der Waals surface area contributed by atoms with Crippen LogP contribution in [0, 0.1) is 6.92 Å². The van der Waals surface area contributed by atoms with Crippen molar-refractivity contribution in [3.05, 3.63) is 23.8 Å². The van der Waals surface area contributed by atoms with Crippen LogP contribution >= 0.6 is 0 Å². The summed E-state index contributed by atoms with van der Waals surface area (Å²) in [6.45, 7) is 8.90. The van der Waals surface area contributed by atoms with Crippen LogP contribution in [0.5, 0.6) is 0 Å². The average molecular weight is 303 g/mol. The van der Waals surface area contributed by atoms with Crippen molar-refractivity contribution >= 4 is 11.9 Å². The normalized spacial score (nSPS) is 18.9. The number of fused-ring (bicyclic) bond motifs is 1. The predicted molar refractivity (Wildman–Crippen MR) is 80.7 cm³/mol. The first-order chi connectivity index (χ1) is 10.3. The van der Waals surface area contributed by atoms with Crippen molar-refractivity contribution in [3.63, 3.8) is 0 Å². The van der Waals surface area contributed by atoms with Crippen LogP contribution in [-0.2, 0) is 4.74 Å². The van der Waals surface area contributed by atoms with Gasteiger partial charge in [0.2, 0.25) is 0 Å². The van der Waals surface area contributed by atoms with Crippen LogP contribution < -0.4 is 0 Å². The van der Waals surface area contributed by atoms with Crippen LogP contribution in [-0.4, -0.2) is 49.3 Å². The quantitative estimate of drug-likeness (QED) is 0.807. The van der Waals surface area contributed by atoms with Crippen LogP contribution in [0.15, 0.2) is 12.4 Å². The first kappa shape index (κ1) is 14.7. The van der Waals surface area contributed by atoms with Gasteiger partial charge >= 0.3 is 6.09 Å². The molecule has 22 heavy (non-hydrogen) atoms. The van der Waals surface area contributed by atoms with Crippen LogP contribution in [0.4, 0.5) is 4.79 Å². The lowest BCUT2D eigenvalue weighted by molar-refractivity contribution is 0.0292. The molecule has 1 atom stereocenters. The number of ether oxygens (including phenoxy) is 1. The minimum atomic E-state index is -0.471. The third-order valence-corrected chi connectivity index (χ3v) is 3.67. The highest BCUT2D eigenvalue weighted by atomic mass is 16.6. The molecule has 3 rings (SSSR count). The summed E-state index contributed by atoms with van der Waals surface area (Å²) in [4.78, 5) is 22.4. The van der Waals surface area contributed by atoms with E-state index < -0.39 is 5.60 Å². The Kier molecular flexibility index (Phi) is 3.50. The SMILES string of the molecule is Cc1cc(C2CCN(C(=O)OC(C)(C)C)C2)n2ncnc2n1. The molecule has 1 saturated heterocycles. The number of nitrogens with zero attached hydrogens (tertiary/aromatic N) is 5. The lowest BCUT2D eigenvalue weighted by Gasteiger charge is -2.24. The van der Waals surface area contributed by atoms with Gasteiger partial charge in [0.1, 0.15) is 11.9 Å². The van der Waals surface area contributed by atoms with Gasteiger partial charge in [0, 0.05) is 24.7 Å². The standard InChI is InChI=1S/C15H21N5O2/c1-10-7-12(20-13(18-10)16-9-17-20)11-5-6-19(8-11)14(21)22-15(2,3)4/h7,9,11H,5-6,8H2,1-4H3. The number of aryl methyl sites for hydroxylation is 1. The van der Waals surface area contributed by atoms with Crippen molar-refractivity contribution in [3.8, 4) is 0 Å². The molecule has 1 aliphatic rings. The van der Waals surface area contributed by atoms with Crippen molar-refractivity contribution in [1.29, 1.82) is 0 Å². The van der Waals surface area contributed by atoms with E-state index in [1.54, 1.807) is 9.42 Å². The molecule has 0 spiro atoms. The second-order valence-corrected chi connectivity index (χ2v) is 6.71. The number of likely N-dealkylation sites (tertiary alicyclic amines) is 1. The highest BCUT2D eigenvalue weighted by Gasteiger charge is 2.32. The number of amides is 1. The Morgan fingerprint density at radius 1 is 1.41 bits per heavy atom.